The molecule has 0 radical (unpaired) electrons. The highest BCUT2D eigenvalue weighted by Gasteiger charge is 2.11. The quantitative estimate of drug-likeness (QED) is 0.534. The lowest BCUT2D eigenvalue weighted by atomic mass is 9.87. The van der Waals surface area contributed by atoms with E-state index in [1.54, 1.807) is 0 Å². The summed E-state index contributed by atoms with van der Waals surface area (Å²) in [5.74, 6) is 0.791. The SMILES string of the molecule is C=CC1=CC(=CC)CC(C)C1. The summed E-state index contributed by atoms with van der Waals surface area (Å²) >= 11 is 0. The maximum absolute atomic E-state index is 3.79. The van der Waals surface area contributed by atoms with Gasteiger partial charge in [0.1, 0.15) is 0 Å². The van der Waals surface area contributed by atoms with Crippen LogP contribution in [0.3, 0.4) is 0 Å². The second-order valence-electron chi connectivity index (χ2n) is 3.30. The molecule has 60 valence electrons. The molecular formula is C11H16. The van der Waals surface area contributed by atoms with Crippen molar-refractivity contribution in [3.63, 3.8) is 0 Å². The van der Waals surface area contributed by atoms with Crippen molar-refractivity contribution in [1.29, 1.82) is 0 Å². The van der Waals surface area contributed by atoms with Crippen LogP contribution in [0.15, 0.2) is 36.0 Å². The van der Waals surface area contributed by atoms with Gasteiger partial charge in [-0.05, 0) is 31.3 Å². The monoisotopic (exact) mass is 148 g/mol. The van der Waals surface area contributed by atoms with Crippen molar-refractivity contribution in [2.45, 2.75) is 26.7 Å². The molecule has 1 rings (SSSR count). The summed E-state index contributed by atoms with van der Waals surface area (Å²) in [6, 6.07) is 0. The molecule has 0 heterocycles. The van der Waals surface area contributed by atoms with Gasteiger partial charge >= 0.3 is 0 Å². The molecule has 0 saturated heterocycles. The van der Waals surface area contributed by atoms with Crippen LogP contribution in [0.4, 0.5) is 0 Å². The number of allylic oxidation sites excluding steroid dienone is 5. The predicted octanol–water partition coefficient (Wildman–Crippen LogP) is 3.48. The van der Waals surface area contributed by atoms with Crippen molar-refractivity contribution < 1.29 is 0 Å². The molecule has 0 N–H and O–H groups in total. The first kappa shape index (κ1) is 8.32. The van der Waals surface area contributed by atoms with Crippen LogP contribution in [0.2, 0.25) is 0 Å². The Morgan fingerprint density at radius 2 is 2.27 bits per heavy atom. The minimum Gasteiger partial charge on any atom is -0.0988 e. The Balaban J connectivity index is 2.81. The molecule has 0 spiro atoms. The summed E-state index contributed by atoms with van der Waals surface area (Å²) in [6.07, 6.45) is 8.85. The van der Waals surface area contributed by atoms with Crippen LogP contribution in [0, 0.1) is 5.92 Å². The number of rotatable bonds is 1. The summed E-state index contributed by atoms with van der Waals surface area (Å²) in [5, 5.41) is 0. The minimum absolute atomic E-state index is 0.791. The first-order chi connectivity index (χ1) is 5.26. The van der Waals surface area contributed by atoms with Gasteiger partial charge in [-0.25, -0.2) is 0 Å². The molecule has 11 heavy (non-hydrogen) atoms. The molecule has 0 aromatic rings. The van der Waals surface area contributed by atoms with Crippen molar-refractivity contribution in [2.75, 3.05) is 0 Å². The van der Waals surface area contributed by atoms with Gasteiger partial charge in [-0.1, -0.05) is 37.3 Å². The molecule has 0 saturated carbocycles. The van der Waals surface area contributed by atoms with Crippen molar-refractivity contribution in [3.05, 3.63) is 36.0 Å². The molecule has 0 aromatic carbocycles. The molecule has 0 bridgehead atoms. The first-order valence-corrected chi connectivity index (χ1v) is 4.24. The highest BCUT2D eigenvalue weighted by atomic mass is 14.2. The van der Waals surface area contributed by atoms with E-state index in [4.69, 9.17) is 0 Å². The van der Waals surface area contributed by atoms with E-state index < -0.39 is 0 Å². The van der Waals surface area contributed by atoms with Crippen molar-refractivity contribution in [3.8, 4) is 0 Å². The lowest BCUT2D eigenvalue weighted by molar-refractivity contribution is 0.565. The fraction of sp³-hybridized carbons (Fsp3) is 0.455. The van der Waals surface area contributed by atoms with Crippen LogP contribution >= 0.6 is 0 Å². The van der Waals surface area contributed by atoms with Crippen LogP contribution in [0.5, 0.6) is 0 Å². The summed E-state index contributed by atoms with van der Waals surface area (Å²) < 4.78 is 0. The second kappa shape index (κ2) is 3.56. The molecule has 0 amide bonds. The lowest BCUT2D eigenvalue weighted by Gasteiger charge is -2.18. The zero-order chi connectivity index (χ0) is 8.27. The van der Waals surface area contributed by atoms with E-state index in [1.165, 1.54) is 24.0 Å². The van der Waals surface area contributed by atoms with Gasteiger partial charge in [0.25, 0.3) is 0 Å². The average Bonchev–Trinajstić information content (AvgIpc) is 2.03. The first-order valence-electron chi connectivity index (χ1n) is 4.24. The molecule has 0 nitrogen and oxygen atoms in total. The van der Waals surface area contributed by atoms with Gasteiger partial charge in [0, 0.05) is 0 Å². The summed E-state index contributed by atoms with van der Waals surface area (Å²) in [7, 11) is 0. The highest BCUT2D eigenvalue weighted by molar-refractivity contribution is 5.32. The zero-order valence-corrected chi connectivity index (χ0v) is 7.43. The van der Waals surface area contributed by atoms with E-state index >= 15 is 0 Å². The van der Waals surface area contributed by atoms with Gasteiger partial charge in [-0.15, -0.1) is 0 Å². The second-order valence-corrected chi connectivity index (χ2v) is 3.30. The van der Waals surface area contributed by atoms with Gasteiger partial charge in [-0.2, -0.15) is 0 Å². The average molecular weight is 148 g/mol. The van der Waals surface area contributed by atoms with Gasteiger partial charge in [0.15, 0.2) is 0 Å². The standard InChI is InChI=1S/C11H16/c1-4-10-6-9(3)7-11(5-2)8-10/h4-5,8-9H,1,6-7H2,2-3H3. The fourth-order valence-electron chi connectivity index (χ4n) is 1.58. The highest BCUT2D eigenvalue weighted by Crippen LogP contribution is 2.27. The van der Waals surface area contributed by atoms with Crippen LogP contribution in [0.25, 0.3) is 0 Å². The van der Waals surface area contributed by atoms with Crippen LogP contribution in [-0.4, -0.2) is 0 Å². The lowest BCUT2D eigenvalue weighted by Crippen LogP contribution is -2.03. The maximum atomic E-state index is 3.79. The number of hydrogen-bond donors (Lipinski definition) is 0. The van der Waals surface area contributed by atoms with Crippen molar-refractivity contribution in [1.82, 2.24) is 0 Å². The van der Waals surface area contributed by atoms with Gasteiger partial charge in [0.2, 0.25) is 0 Å². The van der Waals surface area contributed by atoms with Crippen LogP contribution in [-0.2, 0) is 0 Å². The van der Waals surface area contributed by atoms with Gasteiger partial charge < -0.3 is 0 Å². The Morgan fingerprint density at radius 1 is 1.55 bits per heavy atom. The minimum atomic E-state index is 0.791. The van der Waals surface area contributed by atoms with E-state index in [0.29, 0.717) is 0 Å². The molecule has 0 aliphatic heterocycles. The summed E-state index contributed by atoms with van der Waals surface area (Å²) in [4.78, 5) is 0. The Bertz CT molecular complexity index is 206. The van der Waals surface area contributed by atoms with Crippen LogP contribution < -0.4 is 0 Å². The maximum Gasteiger partial charge on any atom is -0.0250 e. The third-order valence-corrected chi connectivity index (χ3v) is 2.17. The Hall–Kier alpha value is -0.780. The van der Waals surface area contributed by atoms with Crippen LogP contribution in [0.1, 0.15) is 26.7 Å². The molecule has 0 aromatic heterocycles. The van der Waals surface area contributed by atoms with Crippen molar-refractivity contribution >= 4 is 0 Å². The predicted molar refractivity (Wildman–Crippen MR) is 50.4 cm³/mol. The van der Waals surface area contributed by atoms with E-state index in [0.717, 1.165) is 5.92 Å². The molecule has 1 unspecified atom stereocenters. The topological polar surface area (TPSA) is 0 Å². The third-order valence-electron chi connectivity index (χ3n) is 2.17. The summed E-state index contributed by atoms with van der Waals surface area (Å²) in [6.45, 7) is 8.19. The fourth-order valence-corrected chi connectivity index (χ4v) is 1.58. The van der Waals surface area contributed by atoms with E-state index in [-0.39, 0.29) is 0 Å². The van der Waals surface area contributed by atoms with E-state index in [1.807, 2.05) is 6.08 Å². The molecule has 1 aliphatic carbocycles. The molecule has 0 heteroatoms. The Labute approximate surface area is 69.3 Å². The van der Waals surface area contributed by atoms with Crippen molar-refractivity contribution in [2.24, 2.45) is 5.92 Å². The third kappa shape index (κ3) is 2.07. The largest absolute Gasteiger partial charge is 0.0988 e. The zero-order valence-electron chi connectivity index (χ0n) is 7.43. The molecule has 0 fully saturated rings. The Morgan fingerprint density at radius 3 is 2.82 bits per heavy atom. The van der Waals surface area contributed by atoms with Gasteiger partial charge in [0.05, 0.1) is 0 Å². The molecular weight excluding hydrogens is 132 g/mol. The van der Waals surface area contributed by atoms with E-state index in [2.05, 4.69) is 32.6 Å². The molecule has 1 aliphatic rings. The Kier molecular flexibility index (Phi) is 2.70. The molecule has 1 atom stereocenters. The normalized spacial score (nSPS) is 28.4. The van der Waals surface area contributed by atoms with E-state index in [9.17, 15) is 0 Å². The summed E-state index contributed by atoms with van der Waals surface area (Å²) in [5.41, 5.74) is 2.84. The number of hydrogen-bond acceptors (Lipinski definition) is 0. The smallest absolute Gasteiger partial charge is 0.0250 e. The van der Waals surface area contributed by atoms with Gasteiger partial charge in [-0.3, -0.25) is 0 Å².